The summed E-state index contributed by atoms with van der Waals surface area (Å²) in [5.74, 6) is -0.324. The molecule has 2 atom stereocenters. The van der Waals surface area contributed by atoms with E-state index in [0.29, 0.717) is 6.42 Å². The summed E-state index contributed by atoms with van der Waals surface area (Å²) in [6.45, 7) is 1.31. The lowest BCUT2D eigenvalue weighted by Crippen LogP contribution is -2.57. The molecule has 5 heteroatoms. The van der Waals surface area contributed by atoms with E-state index in [2.05, 4.69) is 5.32 Å². The van der Waals surface area contributed by atoms with Crippen LogP contribution >= 0.6 is 0 Å². The first-order chi connectivity index (χ1) is 8.08. The number of hydrogen-bond acceptors (Lipinski definition) is 4. The molecule has 0 heterocycles. The van der Waals surface area contributed by atoms with Crippen molar-refractivity contribution < 1.29 is 15.0 Å². The van der Waals surface area contributed by atoms with E-state index < -0.39 is 5.54 Å². The third-order valence-electron chi connectivity index (χ3n) is 3.83. The van der Waals surface area contributed by atoms with Gasteiger partial charge in [-0.3, -0.25) is 4.79 Å². The van der Waals surface area contributed by atoms with Crippen molar-refractivity contribution in [2.45, 2.75) is 50.6 Å². The fourth-order valence-electron chi connectivity index (χ4n) is 2.28. The van der Waals surface area contributed by atoms with Gasteiger partial charge in [-0.2, -0.15) is 0 Å². The molecule has 0 aromatic rings. The Balaban J connectivity index is 2.63. The van der Waals surface area contributed by atoms with E-state index in [1.165, 1.54) is 0 Å². The molecular weight excluding hydrogens is 220 g/mol. The zero-order chi connectivity index (χ0) is 12.9. The Bertz CT molecular complexity index is 246. The van der Waals surface area contributed by atoms with Crippen LogP contribution in [0.2, 0.25) is 0 Å². The molecule has 0 aromatic heterocycles. The molecule has 1 rings (SSSR count). The first-order valence-electron chi connectivity index (χ1n) is 6.38. The van der Waals surface area contributed by atoms with Crippen LogP contribution in [0.5, 0.6) is 0 Å². The van der Waals surface area contributed by atoms with E-state index in [4.69, 9.17) is 5.73 Å². The van der Waals surface area contributed by atoms with Crippen LogP contribution < -0.4 is 11.1 Å². The SMILES string of the molecule is CCC(CO)(CO)NC(=O)C1CCCCC1N. The van der Waals surface area contributed by atoms with Crippen LogP contribution in [0.1, 0.15) is 39.0 Å². The minimum Gasteiger partial charge on any atom is -0.394 e. The van der Waals surface area contributed by atoms with Crippen molar-refractivity contribution in [2.75, 3.05) is 13.2 Å². The highest BCUT2D eigenvalue weighted by Crippen LogP contribution is 2.24. The number of hydrogen-bond donors (Lipinski definition) is 4. The van der Waals surface area contributed by atoms with Crippen LogP contribution in [-0.2, 0) is 4.79 Å². The van der Waals surface area contributed by atoms with Gasteiger partial charge >= 0.3 is 0 Å². The van der Waals surface area contributed by atoms with Crippen LogP contribution in [0, 0.1) is 5.92 Å². The van der Waals surface area contributed by atoms with E-state index in [1.807, 2.05) is 6.92 Å². The lowest BCUT2D eigenvalue weighted by Gasteiger charge is -2.34. The van der Waals surface area contributed by atoms with Crippen LogP contribution in [0.4, 0.5) is 0 Å². The molecule has 0 aliphatic heterocycles. The van der Waals surface area contributed by atoms with Gasteiger partial charge in [0.05, 0.1) is 24.7 Å². The molecule has 5 N–H and O–H groups in total. The molecule has 0 bridgehead atoms. The number of aliphatic hydroxyl groups is 2. The smallest absolute Gasteiger partial charge is 0.225 e. The first-order valence-corrected chi connectivity index (χ1v) is 6.38. The monoisotopic (exact) mass is 244 g/mol. The second-order valence-electron chi connectivity index (χ2n) is 4.99. The number of carbonyl (C=O) groups is 1. The van der Waals surface area contributed by atoms with Crippen LogP contribution in [-0.4, -0.2) is 40.9 Å². The van der Waals surface area contributed by atoms with Crippen LogP contribution in [0.25, 0.3) is 0 Å². The highest BCUT2D eigenvalue weighted by atomic mass is 16.3. The lowest BCUT2D eigenvalue weighted by atomic mass is 9.83. The second kappa shape index (κ2) is 6.33. The molecule has 2 unspecified atom stereocenters. The molecule has 0 radical (unpaired) electrons. The summed E-state index contributed by atoms with van der Waals surface area (Å²) in [5.41, 5.74) is 5.03. The van der Waals surface area contributed by atoms with Crippen molar-refractivity contribution in [3.05, 3.63) is 0 Å². The Morgan fingerprint density at radius 2 is 1.94 bits per heavy atom. The van der Waals surface area contributed by atoms with Crippen molar-refractivity contribution >= 4 is 5.91 Å². The summed E-state index contributed by atoms with van der Waals surface area (Å²) in [4.78, 5) is 12.1. The van der Waals surface area contributed by atoms with Gasteiger partial charge in [-0.15, -0.1) is 0 Å². The molecule has 1 aliphatic carbocycles. The molecule has 0 spiro atoms. The summed E-state index contributed by atoms with van der Waals surface area (Å²) in [6.07, 6.45) is 4.25. The average Bonchev–Trinajstić information content (AvgIpc) is 2.36. The summed E-state index contributed by atoms with van der Waals surface area (Å²) in [7, 11) is 0. The number of nitrogens with one attached hydrogen (secondary N) is 1. The molecule has 5 nitrogen and oxygen atoms in total. The maximum atomic E-state index is 12.1. The number of aliphatic hydroxyl groups excluding tert-OH is 2. The summed E-state index contributed by atoms with van der Waals surface area (Å²) in [5, 5.41) is 21.3. The van der Waals surface area contributed by atoms with E-state index in [1.54, 1.807) is 0 Å². The number of amides is 1. The minimum atomic E-state index is -0.908. The van der Waals surface area contributed by atoms with Crippen molar-refractivity contribution in [3.63, 3.8) is 0 Å². The van der Waals surface area contributed by atoms with E-state index in [9.17, 15) is 15.0 Å². The predicted molar refractivity (Wildman–Crippen MR) is 65.3 cm³/mol. The molecule has 0 aromatic carbocycles. The van der Waals surface area contributed by atoms with Gasteiger partial charge in [0.25, 0.3) is 0 Å². The largest absolute Gasteiger partial charge is 0.394 e. The minimum absolute atomic E-state index is 0.101. The fourth-order valence-corrected chi connectivity index (χ4v) is 2.28. The van der Waals surface area contributed by atoms with E-state index in [-0.39, 0.29) is 31.1 Å². The van der Waals surface area contributed by atoms with E-state index >= 15 is 0 Å². The van der Waals surface area contributed by atoms with Gasteiger partial charge in [0.15, 0.2) is 0 Å². The Morgan fingerprint density at radius 1 is 1.35 bits per heavy atom. The van der Waals surface area contributed by atoms with Gasteiger partial charge in [-0.05, 0) is 19.3 Å². The Hall–Kier alpha value is -0.650. The Labute approximate surface area is 102 Å². The van der Waals surface area contributed by atoms with Gasteiger partial charge in [0.1, 0.15) is 0 Å². The summed E-state index contributed by atoms with van der Waals surface area (Å²) < 4.78 is 0. The van der Waals surface area contributed by atoms with Gasteiger partial charge in [-0.25, -0.2) is 0 Å². The zero-order valence-corrected chi connectivity index (χ0v) is 10.5. The molecule has 0 saturated heterocycles. The molecule has 1 saturated carbocycles. The van der Waals surface area contributed by atoms with Crippen LogP contribution in [0.3, 0.4) is 0 Å². The average molecular weight is 244 g/mol. The third kappa shape index (κ3) is 3.40. The fraction of sp³-hybridized carbons (Fsp3) is 0.917. The normalized spacial score (nSPS) is 25.6. The lowest BCUT2D eigenvalue weighted by molar-refractivity contribution is -0.130. The van der Waals surface area contributed by atoms with Crippen molar-refractivity contribution in [2.24, 2.45) is 11.7 Å². The molecule has 1 amide bonds. The second-order valence-corrected chi connectivity index (χ2v) is 4.99. The molecular formula is C12H24N2O3. The predicted octanol–water partition coefficient (Wildman–Crippen LogP) is -0.246. The zero-order valence-electron chi connectivity index (χ0n) is 10.5. The summed E-state index contributed by atoms with van der Waals surface area (Å²) >= 11 is 0. The van der Waals surface area contributed by atoms with Gasteiger partial charge < -0.3 is 21.3 Å². The highest BCUT2D eigenvalue weighted by molar-refractivity contribution is 5.80. The highest BCUT2D eigenvalue weighted by Gasteiger charge is 2.34. The number of nitrogens with two attached hydrogens (primary N) is 1. The molecule has 17 heavy (non-hydrogen) atoms. The van der Waals surface area contributed by atoms with Crippen LogP contribution in [0.15, 0.2) is 0 Å². The quantitative estimate of drug-likeness (QED) is 0.536. The molecule has 100 valence electrons. The van der Waals surface area contributed by atoms with Gasteiger partial charge in [-0.1, -0.05) is 19.8 Å². The number of carbonyl (C=O) groups excluding carboxylic acids is 1. The van der Waals surface area contributed by atoms with Crippen molar-refractivity contribution in [3.8, 4) is 0 Å². The van der Waals surface area contributed by atoms with Gasteiger partial charge in [0, 0.05) is 6.04 Å². The maximum Gasteiger partial charge on any atom is 0.225 e. The standard InChI is InChI=1S/C12H24N2O3/c1-2-12(7-15,8-16)14-11(17)9-5-3-4-6-10(9)13/h9-10,15-16H,2-8,13H2,1H3,(H,14,17). The third-order valence-corrected chi connectivity index (χ3v) is 3.83. The number of rotatable bonds is 5. The van der Waals surface area contributed by atoms with Gasteiger partial charge in [0.2, 0.25) is 5.91 Å². The Kier molecular flexibility index (Phi) is 5.36. The van der Waals surface area contributed by atoms with Crippen molar-refractivity contribution in [1.82, 2.24) is 5.32 Å². The Morgan fingerprint density at radius 3 is 2.41 bits per heavy atom. The first kappa shape index (κ1) is 14.4. The maximum absolute atomic E-state index is 12.1. The molecule has 1 aliphatic rings. The van der Waals surface area contributed by atoms with E-state index in [0.717, 1.165) is 25.7 Å². The van der Waals surface area contributed by atoms with Crippen molar-refractivity contribution in [1.29, 1.82) is 0 Å². The summed E-state index contributed by atoms with van der Waals surface area (Å²) in [6, 6.07) is -0.101. The molecule has 1 fully saturated rings. The topological polar surface area (TPSA) is 95.6 Å².